The first-order valence-corrected chi connectivity index (χ1v) is 6.63. The Morgan fingerprint density at radius 3 is 2.84 bits per heavy atom. The third-order valence-corrected chi connectivity index (χ3v) is 3.55. The van der Waals surface area contributed by atoms with Gasteiger partial charge in [0.25, 0.3) is 0 Å². The van der Waals surface area contributed by atoms with Crippen LogP contribution in [0.3, 0.4) is 0 Å². The number of carbonyl (C=O) groups excluding carboxylic acids is 1. The lowest BCUT2D eigenvalue weighted by Gasteiger charge is -2.34. The standard InChI is InChI=1S/C14H18N2O3/c17-14-15-8-12(19-14)13-10-16(6-7-18-13)9-11-4-2-1-3-5-11/h1-5,12-13H,6-10H2,(H,15,17). The van der Waals surface area contributed by atoms with E-state index < -0.39 is 0 Å². The van der Waals surface area contributed by atoms with E-state index in [-0.39, 0.29) is 18.3 Å². The van der Waals surface area contributed by atoms with Crippen molar-refractivity contribution in [2.24, 2.45) is 0 Å². The molecule has 0 radical (unpaired) electrons. The van der Waals surface area contributed by atoms with E-state index in [0.717, 1.165) is 19.6 Å². The fourth-order valence-electron chi connectivity index (χ4n) is 2.55. The zero-order valence-corrected chi connectivity index (χ0v) is 10.7. The maximum atomic E-state index is 11.1. The van der Waals surface area contributed by atoms with Crippen molar-refractivity contribution in [2.45, 2.75) is 18.8 Å². The molecule has 2 atom stereocenters. The lowest BCUT2D eigenvalue weighted by atomic mass is 10.1. The number of cyclic esters (lactones) is 1. The van der Waals surface area contributed by atoms with Gasteiger partial charge in [0, 0.05) is 19.6 Å². The van der Waals surface area contributed by atoms with E-state index in [9.17, 15) is 4.79 Å². The Morgan fingerprint density at radius 1 is 1.26 bits per heavy atom. The number of benzene rings is 1. The maximum Gasteiger partial charge on any atom is 0.407 e. The lowest BCUT2D eigenvalue weighted by Crippen LogP contribution is -2.48. The molecular weight excluding hydrogens is 244 g/mol. The molecular formula is C14H18N2O3. The maximum absolute atomic E-state index is 11.1. The smallest absolute Gasteiger partial charge is 0.407 e. The Hall–Kier alpha value is -1.59. The monoisotopic (exact) mass is 262 g/mol. The zero-order valence-electron chi connectivity index (χ0n) is 10.7. The van der Waals surface area contributed by atoms with E-state index >= 15 is 0 Å². The molecule has 2 saturated heterocycles. The van der Waals surface area contributed by atoms with Gasteiger partial charge in [-0.25, -0.2) is 4.79 Å². The number of ether oxygens (including phenoxy) is 2. The summed E-state index contributed by atoms with van der Waals surface area (Å²) < 4.78 is 10.9. The summed E-state index contributed by atoms with van der Waals surface area (Å²) in [7, 11) is 0. The molecule has 3 rings (SSSR count). The quantitative estimate of drug-likeness (QED) is 0.883. The van der Waals surface area contributed by atoms with Crippen LogP contribution in [0, 0.1) is 0 Å². The van der Waals surface area contributed by atoms with Gasteiger partial charge in [-0.3, -0.25) is 4.90 Å². The van der Waals surface area contributed by atoms with Gasteiger partial charge in [-0.1, -0.05) is 30.3 Å². The van der Waals surface area contributed by atoms with E-state index in [4.69, 9.17) is 9.47 Å². The number of hydrogen-bond donors (Lipinski definition) is 1. The molecule has 2 unspecified atom stereocenters. The van der Waals surface area contributed by atoms with Crippen LogP contribution in [0.5, 0.6) is 0 Å². The molecule has 1 aromatic carbocycles. The highest BCUT2D eigenvalue weighted by atomic mass is 16.6. The molecule has 0 spiro atoms. The molecule has 2 aliphatic rings. The van der Waals surface area contributed by atoms with Gasteiger partial charge < -0.3 is 14.8 Å². The van der Waals surface area contributed by atoms with Gasteiger partial charge in [0.05, 0.1) is 13.2 Å². The molecule has 2 fully saturated rings. The number of amides is 1. The predicted octanol–water partition coefficient (Wildman–Crippen LogP) is 0.996. The number of morpholine rings is 1. The van der Waals surface area contributed by atoms with Crippen LogP contribution >= 0.6 is 0 Å². The number of alkyl carbamates (subject to hydrolysis) is 1. The first-order valence-electron chi connectivity index (χ1n) is 6.63. The Kier molecular flexibility index (Phi) is 3.66. The largest absolute Gasteiger partial charge is 0.442 e. The van der Waals surface area contributed by atoms with E-state index in [1.807, 2.05) is 6.07 Å². The minimum Gasteiger partial charge on any atom is -0.442 e. The van der Waals surface area contributed by atoms with Gasteiger partial charge in [-0.2, -0.15) is 0 Å². The van der Waals surface area contributed by atoms with Crippen LogP contribution in [0.25, 0.3) is 0 Å². The average molecular weight is 262 g/mol. The highest BCUT2D eigenvalue weighted by Gasteiger charge is 2.34. The Bertz CT molecular complexity index is 438. The molecule has 5 heteroatoms. The molecule has 1 aromatic rings. The van der Waals surface area contributed by atoms with E-state index in [2.05, 4.69) is 34.5 Å². The number of hydrogen-bond acceptors (Lipinski definition) is 4. The van der Waals surface area contributed by atoms with Crippen molar-refractivity contribution in [3.63, 3.8) is 0 Å². The van der Waals surface area contributed by atoms with Crippen molar-refractivity contribution >= 4 is 6.09 Å². The third kappa shape index (κ3) is 3.05. The molecule has 0 aliphatic carbocycles. The second kappa shape index (κ2) is 5.59. The topological polar surface area (TPSA) is 50.8 Å². The van der Waals surface area contributed by atoms with Crippen molar-refractivity contribution in [1.29, 1.82) is 0 Å². The first kappa shape index (κ1) is 12.4. The summed E-state index contributed by atoms with van der Waals surface area (Å²) in [6.07, 6.45) is -0.531. The fourth-order valence-corrected chi connectivity index (χ4v) is 2.55. The Labute approximate surface area is 112 Å². The first-order chi connectivity index (χ1) is 9.31. The average Bonchev–Trinajstić information content (AvgIpc) is 2.87. The minimum atomic E-state index is -0.339. The minimum absolute atomic E-state index is 0.0311. The van der Waals surface area contributed by atoms with Crippen molar-refractivity contribution in [3.05, 3.63) is 35.9 Å². The summed E-state index contributed by atoms with van der Waals surface area (Å²) in [6.45, 7) is 3.86. The SMILES string of the molecule is O=C1NCC(C2CN(Cc3ccccc3)CCO2)O1. The van der Waals surface area contributed by atoms with Gasteiger partial charge in [0.15, 0.2) is 0 Å². The molecule has 1 N–H and O–H groups in total. The van der Waals surface area contributed by atoms with Crippen LogP contribution < -0.4 is 5.32 Å². The molecule has 19 heavy (non-hydrogen) atoms. The second-order valence-electron chi connectivity index (χ2n) is 4.95. The van der Waals surface area contributed by atoms with Crippen molar-refractivity contribution < 1.29 is 14.3 Å². The summed E-state index contributed by atoms with van der Waals surface area (Å²) in [5.74, 6) is 0. The number of rotatable bonds is 3. The normalized spacial score (nSPS) is 27.9. The zero-order chi connectivity index (χ0) is 13.1. The molecule has 0 aromatic heterocycles. The van der Waals surface area contributed by atoms with Crippen molar-refractivity contribution in [2.75, 3.05) is 26.2 Å². The molecule has 0 saturated carbocycles. The van der Waals surface area contributed by atoms with Crippen LogP contribution in [0.15, 0.2) is 30.3 Å². The van der Waals surface area contributed by atoms with Crippen molar-refractivity contribution in [1.82, 2.24) is 10.2 Å². The summed E-state index contributed by atoms with van der Waals surface area (Å²) in [5, 5.41) is 2.67. The van der Waals surface area contributed by atoms with Gasteiger partial charge in [0.2, 0.25) is 0 Å². The molecule has 102 valence electrons. The Morgan fingerprint density at radius 2 is 2.11 bits per heavy atom. The summed E-state index contributed by atoms with van der Waals surface area (Å²) in [6, 6.07) is 10.4. The highest BCUT2D eigenvalue weighted by molar-refractivity contribution is 5.69. The summed E-state index contributed by atoms with van der Waals surface area (Å²) in [5.41, 5.74) is 1.30. The second-order valence-corrected chi connectivity index (χ2v) is 4.95. The van der Waals surface area contributed by atoms with Crippen LogP contribution in [0.4, 0.5) is 4.79 Å². The predicted molar refractivity (Wildman–Crippen MR) is 69.7 cm³/mol. The van der Waals surface area contributed by atoms with Crippen molar-refractivity contribution in [3.8, 4) is 0 Å². The van der Waals surface area contributed by atoms with Gasteiger partial charge in [-0.05, 0) is 5.56 Å². The fraction of sp³-hybridized carbons (Fsp3) is 0.500. The summed E-state index contributed by atoms with van der Waals surface area (Å²) >= 11 is 0. The van der Waals surface area contributed by atoms with Crippen LogP contribution in [-0.2, 0) is 16.0 Å². The van der Waals surface area contributed by atoms with Gasteiger partial charge >= 0.3 is 6.09 Å². The van der Waals surface area contributed by atoms with Crippen LogP contribution in [0.2, 0.25) is 0 Å². The van der Waals surface area contributed by atoms with E-state index in [1.54, 1.807) is 0 Å². The van der Waals surface area contributed by atoms with Crippen LogP contribution in [0.1, 0.15) is 5.56 Å². The molecule has 2 heterocycles. The summed E-state index contributed by atoms with van der Waals surface area (Å²) in [4.78, 5) is 13.4. The molecule has 2 aliphatic heterocycles. The van der Waals surface area contributed by atoms with E-state index in [1.165, 1.54) is 5.56 Å². The number of nitrogens with zero attached hydrogens (tertiary/aromatic N) is 1. The number of carbonyl (C=O) groups is 1. The molecule has 0 bridgehead atoms. The molecule has 1 amide bonds. The van der Waals surface area contributed by atoms with Gasteiger partial charge in [0.1, 0.15) is 12.2 Å². The van der Waals surface area contributed by atoms with Gasteiger partial charge in [-0.15, -0.1) is 0 Å². The third-order valence-electron chi connectivity index (χ3n) is 3.55. The molecule has 5 nitrogen and oxygen atoms in total. The highest BCUT2D eigenvalue weighted by Crippen LogP contribution is 2.16. The number of nitrogens with one attached hydrogen (secondary N) is 1. The lowest BCUT2D eigenvalue weighted by molar-refractivity contribution is -0.0805. The van der Waals surface area contributed by atoms with Crippen LogP contribution in [-0.4, -0.2) is 49.4 Å². The Balaban J connectivity index is 1.57. The van der Waals surface area contributed by atoms with E-state index in [0.29, 0.717) is 13.2 Å².